The first-order chi connectivity index (χ1) is 34.2. The fraction of sp³-hybridized carbons (Fsp3) is 0. The van der Waals surface area contributed by atoms with E-state index in [1.165, 1.54) is 0 Å². The van der Waals surface area contributed by atoms with E-state index in [1.54, 1.807) is 0 Å². The van der Waals surface area contributed by atoms with Crippen LogP contribution in [0.5, 0.6) is 0 Å². The van der Waals surface area contributed by atoms with Crippen molar-refractivity contribution in [1.29, 1.82) is 0 Å². The fourth-order valence-electron chi connectivity index (χ4n) is 9.70. The number of para-hydroxylation sites is 2. The van der Waals surface area contributed by atoms with Crippen molar-refractivity contribution >= 4 is 60.7 Å². The molecule has 69 heavy (non-hydrogen) atoms. The number of anilines is 3. The Hall–Kier alpha value is -9.53. The van der Waals surface area contributed by atoms with Crippen LogP contribution >= 0.6 is 0 Å². The van der Waals surface area contributed by atoms with Crippen molar-refractivity contribution in [2.45, 2.75) is 0 Å². The Morgan fingerprint density at radius 1 is 0.304 bits per heavy atom. The van der Waals surface area contributed by atoms with Gasteiger partial charge in [-0.3, -0.25) is 14.5 Å². The SMILES string of the molecule is c1ccc(-c2nc(-c3ccccc3)nc(-n3c4ccc(N(c5cccc(-c6ccccn6)c5)c5cccc(-c6ccccn6)c5)cc4c4cc5c(cc43)c3ccccc3n5-c3ccccc3)n2)cc1. The van der Waals surface area contributed by atoms with Crippen LogP contribution < -0.4 is 4.90 Å². The lowest BCUT2D eigenvalue weighted by molar-refractivity contribution is 0.954. The molecule has 0 atom stereocenters. The van der Waals surface area contributed by atoms with Gasteiger partial charge in [-0.15, -0.1) is 0 Å². The molecule has 0 fully saturated rings. The van der Waals surface area contributed by atoms with Gasteiger partial charge in [-0.2, -0.15) is 9.97 Å². The zero-order chi connectivity index (χ0) is 45.7. The lowest BCUT2D eigenvalue weighted by Crippen LogP contribution is -2.10. The summed E-state index contributed by atoms with van der Waals surface area (Å²) >= 11 is 0. The first-order valence-corrected chi connectivity index (χ1v) is 23.0. The highest BCUT2D eigenvalue weighted by atomic mass is 15.2. The van der Waals surface area contributed by atoms with Crippen LogP contribution in [0.2, 0.25) is 0 Å². The van der Waals surface area contributed by atoms with Gasteiger partial charge in [0, 0.05) is 78.9 Å². The summed E-state index contributed by atoms with van der Waals surface area (Å²) in [5.41, 5.74) is 13.9. The normalized spacial score (nSPS) is 11.5. The Labute approximate surface area is 397 Å². The van der Waals surface area contributed by atoms with Gasteiger partial charge in [0.1, 0.15) is 0 Å². The number of hydrogen-bond donors (Lipinski definition) is 0. The van der Waals surface area contributed by atoms with Crippen molar-refractivity contribution in [3.8, 4) is 56.9 Å². The van der Waals surface area contributed by atoms with Gasteiger partial charge in [-0.05, 0) is 97.1 Å². The molecule has 0 radical (unpaired) electrons. The van der Waals surface area contributed by atoms with Crippen molar-refractivity contribution < 1.29 is 0 Å². The Morgan fingerprint density at radius 3 is 1.38 bits per heavy atom. The second kappa shape index (κ2) is 16.7. The molecule has 13 rings (SSSR count). The van der Waals surface area contributed by atoms with Crippen LogP contribution in [0.25, 0.3) is 101 Å². The minimum Gasteiger partial charge on any atom is -0.310 e. The molecule has 0 aliphatic heterocycles. The summed E-state index contributed by atoms with van der Waals surface area (Å²) in [6, 6.07) is 80.2. The first kappa shape index (κ1) is 39.8. The minimum absolute atomic E-state index is 0.532. The molecular weight excluding hydrogens is 845 g/mol. The minimum atomic E-state index is 0.532. The highest BCUT2D eigenvalue weighted by Crippen LogP contribution is 2.44. The van der Waals surface area contributed by atoms with E-state index in [0.717, 1.165) is 100 Å². The average Bonchev–Trinajstić information content (AvgIpc) is 3.93. The molecule has 0 aliphatic rings. The maximum absolute atomic E-state index is 5.31. The van der Waals surface area contributed by atoms with Crippen LogP contribution in [0.15, 0.2) is 243 Å². The van der Waals surface area contributed by atoms with Gasteiger partial charge in [-0.1, -0.05) is 133 Å². The predicted molar refractivity (Wildman–Crippen MR) is 281 cm³/mol. The topological polar surface area (TPSA) is 77.5 Å². The van der Waals surface area contributed by atoms with Crippen LogP contribution in [-0.4, -0.2) is 34.1 Å². The lowest BCUT2D eigenvalue weighted by Gasteiger charge is -2.26. The number of nitrogens with zero attached hydrogens (tertiary/aromatic N) is 8. The molecule has 0 saturated heterocycles. The number of benzene rings is 8. The quantitative estimate of drug-likeness (QED) is 0.144. The van der Waals surface area contributed by atoms with Crippen LogP contribution in [0.3, 0.4) is 0 Å². The Balaban J connectivity index is 1.11. The number of pyridine rings is 2. The van der Waals surface area contributed by atoms with Crippen LogP contribution in [0.1, 0.15) is 0 Å². The van der Waals surface area contributed by atoms with Crippen LogP contribution in [0.4, 0.5) is 17.1 Å². The van der Waals surface area contributed by atoms with E-state index in [9.17, 15) is 0 Å². The summed E-state index contributed by atoms with van der Waals surface area (Å²) in [7, 11) is 0. The van der Waals surface area contributed by atoms with Crippen LogP contribution in [0, 0.1) is 0 Å². The zero-order valence-electron chi connectivity index (χ0n) is 37.2. The van der Waals surface area contributed by atoms with Crippen molar-refractivity contribution in [2.75, 3.05) is 4.90 Å². The van der Waals surface area contributed by atoms with Gasteiger partial charge < -0.3 is 9.47 Å². The van der Waals surface area contributed by atoms with Crippen molar-refractivity contribution in [1.82, 2.24) is 34.1 Å². The molecule has 0 spiro atoms. The molecule has 8 aromatic carbocycles. The molecule has 0 amide bonds. The maximum atomic E-state index is 5.31. The van der Waals surface area contributed by atoms with Gasteiger partial charge in [0.05, 0.1) is 33.5 Å². The van der Waals surface area contributed by atoms with Gasteiger partial charge in [-0.25, -0.2) is 4.98 Å². The van der Waals surface area contributed by atoms with E-state index in [4.69, 9.17) is 24.9 Å². The number of aromatic nitrogens is 7. The summed E-state index contributed by atoms with van der Waals surface area (Å²) in [6.45, 7) is 0. The monoisotopic (exact) mass is 884 g/mol. The van der Waals surface area contributed by atoms with E-state index in [1.807, 2.05) is 97.3 Å². The molecule has 5 aromatic heterocycles. The average molecular weight is 885 g/mol. The lowest BCUT2D eigenvalue weighted by atomic mass is 10.1. The second-order valence-corrected chi connectivity index (χ2v) is 17.0. The summed E-state index contributed by atoms with van der Waals surface area (Å²) in [5, 5.41) is 4.40. The van der Waals surface area contributed by atoms with Gasteiger partial charge in [0.25, 0.3) is 0 Å². The van der Waals surface area contributed by atoms with Crippen molar-refractivity contribution in [3.63, 3.8) is 0 Å². The molecule has 0 bridgehead atoms. The standard InChI is InChI=1S/C61H40N8/c1-4-18-41(19-5-1)59-64-60(42-20-6-2-7-21-42)66-61(65-59)69-56-33-32-48(38-50(56)52-40-57-51(39-58(52)69)49-28-10-11-31-55(49)68(57)45-24-8-3-9-25-45)67(46-26-16-22-43(36-46)53-29-12-14-34-62-53)47-27-17-23-44(37-47)54-30-13-15-35-63-54/h1-40H. The van der Waals surface area contributed by atoms with Crippen molar-refractivity contribution in [3.05, 3.63) is 243 Å². The van der Waals surface area contributed by atoms with Gasteiger partial charge in [0.15, 0.2) is 11.6 Å². The summed E-state index contributed by atoms with van der Waals surface area (Å²) in [6.07, 6.45) is 3.68. The van der Waals surface area contributed by atoms with Gasteiger partial charge in [0.2, 0.25) is 5.95 Å². The third-order valence-electron chi connectivity index (χ3n) is 12.8. The molecule has 0 N–H and O–H groups in total. The zero-order valence-corrected chi connectivity index (χ0v) is 37.2. The van der Waals surface area contributed by atoms with E-state index >= 15 is 0 Å². The molecule has 0 aliphatic carbocycles. The molecule has 324 valence electrons. The highest BCUT2D eigenvalue weighted by Gasteiger charge is 2.23. The van der Waals surface area contributed by atoms with E-state index < -0.39 is 0 Å². The highest BCUT2D eigenvalue weighted by molar-refractivity contribution is 6.19. The molecule has 0 unspecified atom stereocenters. The molecule has 13 aromatic rings. The Morgan fingerprint density at radius 2 is 0.783 bits per heavy atom. The fourth-order valence-corrected chi connectivity index (χ4v) is 9.70. The molecular formula is C61H40N8. The Kier molecular flexibility index (Phi) is 9.65. The van der Waals surface area contributed by atoms with Crippen LogP contribution in [-0.2, 0) is 0 Å². The summed E-state index contributed by atoms with van der Waals surface area (Å²) < 4.78 is 4.59. The number of rotatable bonds is 9. The largest absolute Gasteiger partial charge is 0.310 e. The molecule has 8 nitrogen and oxygen atoms in total. The van der Waals surface area contributed by atoms with Crippen molar-refractivity contribution in [2.24, 2.45) is 0 Å². The summed E-state index contributed by atoms with van der Waals surface area (Å²) in [4.78, 5) is 27.5. The molecule has 8 heteroatoms. The van der Waals surface area contributed by atoms with E-state index in [2.05, 4.69) is 160 Å². The third-order valence-corrected chi connectivity index (χ3v) is 12.8. The third kappa shape index (κ3) is 7.06. The molecule has 0 saturated carbocycles. The Bertz CT molecular complexity index is 3860. The smallest absolute Gasteiger partial charge is 0.238 e. The molecule has 5 heterocycles. The predicted octanol–water partition coefficient (Wildman–Crippen LogP) is 15.0. The maximum Gasteiger partial charge on any atom is 0.238 e. The van der Waals surface area contributed by atoms with E-state index in [-0.39, 0.29) is 0 Å². The number of hydrogen-bond acceptors (Lipinski definition) is 6. The first-order valence-electron chi connectivity index (χ1n) is 23.0. The number of fused-ring (bicyclic) bond motifs is 6. The summed E-state index contributed by atoms with van der Waals surface area (Å²) in [5.74, 6) is 1.73. The van der Waals surface area contributed by atoms with E-state index in [0.29, 0.717) is 17.6 Å². The van der Waals surface area contributed by atoms with Gasteiger partial charge >= 0.3 is 0 Å². The second-order valence-electron chi connectivity index (χ2n) is 17.0.